The van der Waals surface area contributed by atoms with E-state index in [0.29, 0.717) is 0 Å². The number of benzene rings is 3. The van der Waals surface area contributed by atoms with Gasteiger partial charge in [-0.2, -0.15) is 0 Å². The maximum Gasteiger partial charge on any atom is 0.256 e. The molecule has 3 aromatic carbocycles. The van der Waals surface area contributed by atoms with Gasteiger partial charge in [0.15, 0.2) is 0 Å². The molecule has 0 atom stereocenters. The van der Waals surface area contributed by atoms with E-state index >= 15 is 0 Å². The Hall–Kier alpha value is -3.53. The van der Waals surface area contributed by atoms with Crippen LogP contribution in [0, 0.1) is 6.92 Å². The summed E-state index contributed by atoms with van der Waals surface area (Å²) in [6, 6.07) is 27.1. The molecule has 0 saturated carbocycles. The number of ether oxygens (including phenoxy) is 1. The van der Waals surface area contributed by atoms with Crippen molar-refractivity contribution in [2.24, 2.45) is 0 Å². The van der Waals surface area contributed by atoms with Crippen molar-refractivity contribution < 1.29 is 9.53 Å². The standard InChI is InChI=1S/C29H28N2O2/c1-21-27(23-11-5-7-13-25(23)31(21)19-22-9-3-2-4-10-22)28(32)30-17-15-29(16-18-30)20-33-26-14-8-6-12-24(26)29/h2-14H,15-20H2,1H3. The minimum atomic E-state index is 0.0454. The first kappa shape index (κ1) is 20.1. The van der Waals surface area contributed by atoms with Crippen LogP contribution < -0.4 is 4.74 Å². The fraction of sp³-hybridized carbons (Fsp3) is 0.276. The predicted molar refractivity (Wildman–Crippen MR) is 131 cm³/mol. The molecular formula is C29H28N2O2. The Morgan fingerprint density at radius 2 is 1.61 bits per heavy atom. The molecule has 4 heteroatoms. The topological polar surface area (TPSA) is 34.5 Å². The number of amides is 1. The molecule has 1 spiro atoms. The molecule has 4 nitrogen and oxygen atoms in total. The molecule has 0 radical (unpaired) electrons. The molecule has 2 aliphatic heterocycles. The number of hydrogen-bond donors (Lipinski definition) is 0. The van der Waals surface area contributed by atoms with E-state index in [9.17, 15) is 4.79 Å². The Kier molecular flexibility index (Phi) is 4.75. The molecule has 6 rings (SSSR count). The summed E-state index contributed by atoms with van der Waals surface area (Å²) in [5, 5.41) is 1.05. The van der Waals surface area contributed by atoms with E-state index in [1.54, 1.807) is 0 Å². The molecule has 0 aliphatic carbocycles. The van der Waals surface area contributed by atoms with Gasteiger partial charge in [-0.05, 0) is 37.5 Å². The summed E-state index contributed by atoms with van der Waals surface area (Å²) in [5.41, 5.74) is 5.60. The Morgan fingerprint density at radius 1 is 0.909 bits per heavy atom. The van der Waals surface area contributed by atoms with Crippen molar-refractivity contribution in [1.82, 2.24) is 9.47 Å². The van der Waals surface area contributed by atoms with Gasteiger partial charge in [-0.15, -0.1) is 0 Å². The van der Waals surface area contributed by atoms with Crippen molar-refractivity contribution in [3.8, 4) is 5.75 Å². The molecule has 1 aromatic heterocycles. The molecule has 1 fully saturated rings. The first-order valence-electron chi connectivity index (χ1n) is 11.8. The number of aromatic nitrogens is 1. The van der Waals surface area contributed by atoms with E-state index in [0.717, 1.165) is 67.0 Å². The zero-order valence-electron chi connectivity index (χ0n) is 19.0. The van der Waals surface area contributed by atoms with Crippen molar-refractivity contribution in [2.45, 2.75) is 31.7 Å². The van der Waals surface area contributed by atoms with Crippen LogP contribution in [-0.4, -0.2) is 35.1 Å². The third-order valence-electron chi connectivity index (χ3n) is 7.60. The summed E-state index contributed by atoms with van der Waals surface area (Å²) in [4.78, 5) is 15.9. The molecule has 1 amide bonds. The normalized spacial score (nSPS) is 16.7. The Balaban J connectivity index is 1.30. The third kappa shape index (κ3) is 3.24. The molecule has 4 aromatic rings. The lowest BCUT2D eigenvalue weighted by Gasteiger charge is -2.38. The average Bonchev–Trinajstić information content (AvgIpc) is 3.35. The number of carbonyl (C=O) groups excluding carboxylic acids is 1. The summed E-state index contributed by atoms with van der Waals surface area (Å²) < 4.78 is 8.28. The van der Waals surface area contributed by atoms with Crippen LogP contribution in [-0.2, 0) is 12.0 Å². The zero-order chi connectivity index (χ0) is 22.4. The number of nitrogens with zero attached hydrogens (tertiary/aromatic N) is 2. The van der Waals surface area contributed by atoms with Gasteiger partial charge in [-0.3, -0.25) is 4.79 Å². The second-order valence-electron chi connectivity index (χ2n) is 9.41. The number of rotatable bonds is 3. The van der Waals surface area contributed by atoms with E-state index in [4.69, 9.17) is 4.74 Å². The highest BCUT2D eigenvalue weighted by Crippen LogP contribution is 2.45. The van der Waals surface area contributed by atoms with E-state index in [1.807, 2.05) is 23.1 Å². The number of hydrogen-bond acceptors (Lipinski definition) is 2. The Bertz CT molecular complexity index is 1330. The zero-order valence-corrected chi connectivity index (χ0v) is 19.0. The van der Waals surface area contributed by atoms with Crippen LogP contribution in [0.15, 0.2) is 78.9 Å². The monoisotopic (exact) mass is 436 g/mol. The minimum absolute atomic E-state index is 0.0454. The van der Waals surface area contributed by atoms with Crippen molar-refractivity contribution in [2.75, 3.05) is 19.7 Å². The number of carbonyl (C=O) groups is 1. The van der Waals surface area contributed by atoms with E-state index < -0.39 is 0 Å². The highest BCUT2D eigenvalue weighted by Gasteiger charge is 2.44. The predicted octanol–water partition coefficient (Wildman–Crippen LogP) is 5.56. The summed E-state index contributed by atoms with van der Waals surface area (Å²) in [6.07, 6.45) is 1.88. The molecule has 33 heavy (non-hydrogen) atoms. The van der Waals surface area contributed by atoms with E-state index in [2.05, 4.69) is 72.2 Å². The van der Waals surface area contributed by atoms with Crippen molar-refractivity contribution in [3.63, 3.8) is 0 Å². The summed E-state index contributed by atoms with van der Waals surface area (Å²) in [6.45, 7) is 5.09. The van der Waals surface area contributed by atoms with Crippen LogP contribution in [0.25, 0.3) is 10.9 Å². The first-order valence-corrected chi connectivity index (χ1v) is 11.8. The third-order valence-corrected chi connectivity index (χ3v) is 7.60. The summed E-state index contributed by atoms with van der Waals surface area (Å²) in [5.74, 6) is 1.16. The van der Waals surface area contributed by atoms with Crippen molar-refractivity contribution >= 4 is 16.8 Å². The maximum atomic E-state index is 13.8. The number of piperidine rings is 1. The largest absolute Gasteiger partial charge is 0.492 e. The second kappa shape index (κ2) is 7.80. The molecule has 1 saturated heterocycles. The minimum Gasteiger partial charge on any atom is -0.492 e. The van der Waals surface area contributed by atoms with Crippen molar-refractivity contribution in [3.05, 3.63) is 101 Å². The van der Waals surface area contributed by atoms with Crippen LogP contribution in [0.1, 0.15) is 40.0 Å². The second-order valence-corrected chi connectivity index (χ2v) is 9.41. The smallest absolute Gasteiger partial charge is 0.256 e. The molecule has 0 unspecified atom stereocenters. The average molecular weight is 437 g/mol. The van der Waals surface area contributed by atoms with Gasteiger partial charge in [0.25, 0.3) is 5.91 Å². The molecular weight excluding hydrogens is 408 g/mol. The molecule has 166 valence electrons. The Labute approximate surface area is 194 Å². The van der Waals surface area contributed by atoms with Gasteiger partial charge < -0.3 is 14.2 Å². The fourth-order valence-electron chi connectivity index (χ4n) is 5.70. The van der Waals surface area contributed by atoms with Crippen LogP contribution in [0.2, 0.25) is 0 Å². The maximum absolute atomic E-state index is 13.8. The van der Waals surface area contributed by atoms with Crippen LogP contribution in [0.5, 0.6) is 5.75 Å². The van der Waals surface area contributed by atoms with E-state index in [-0.39, 0.29) is 11.3 Å². The lowest BCUT2D eigenvalue weighted by molar-refractivity contribution is 0.0647. The number of fused-ring (bicyclic) bond motifs is 3. The SMILES string of the molecule is Cc1c(C(=O)N2CCC3(CC2)COc2ccccc23)c2ccccc2n1Cc1ccccc1. The van der Waals surface area contributed by atoms with Gasteiger partial charge in [-0.25, -0.2) is 0 Å². The quantitative estimate of drug-likeness (QED) is 0.421. The molecule has 2 aliphatic rings. The van der Waals surface area contributed by atoms with Gasteiger partial charge in [0.2, 0.25) is 0 Å². The van der Waals surface area contributed by atoms with Gasteiger partial charge in [0.05, 0.1) is 12.2 Å². The van der Waals surface area contributed by atoms with Crippen molar-refractivity contribution in [1.29, 1.82) is 0 Å². The van der Waals surface area contributed by atoms with Crippen LogP contribution in [0.4, 0.5) is 0 Å². The highest BCUT2D eigenvalue weighted by molar-refractivity contribution is 6.08. The Morgan fingerprint density at radius 3 is 2.42 bits per heavy atom. The van der Waals surface area contributed by atoms with E-state index in [1.165, 1.54) is 11.1 Å². The lowest BCUT2D eigenvalue weighted by atomic mass is 9.74. The summed E-state index contributed by atoms with van der Waals surface area (Å²) >= 11 is 0. The molecule has 0 N–H and O–H groups in total. The lowest BCUT2D eigenvalue weighted by Crippen LogP contribution is -2.46. The van der Waals surface area contributed by atoms with Crippen LogP contribution in [0.3, 0.4) is 0 Å². The van der Waals surface area contributed by atoms with Gasteiger partial charge in [0.1, 0.15) is 5.75 Å². The summed E-state index contributed by atoms with van der Waals surface area (Å²) in [7, 11) is 0. The number of likely N-dealkylation sites (tertiary alicyclic amines) is 1. The molecule has 0 bridgehead atoms. The number of para-hydroxylation sites is 2. The van der Waals surface area contributed by atoms with Crippen LogP contribution >= 0.6 is 0 Å². The van der Waals surface area contributed by atoms with Gasteiger partial charge >= 0.3 is 0 Å². The first-order chi connectivity index (χ1) is 16.2. The van der Waals surface area contributed by atoms with Gasteiger partial charge in [0, 0.05) is 47.2 Å². The van der Waals surface area contributed by atoms with Gasteiger partial charge in [-0.1, -0.05) is 66.7 Å². The fourth-order valence-corrected chi connectivity index (χ4v) is 5.70. The highest BCUT2D eigenvalue weighted by atomic mass is 16.5. The molecule has 3 heterocycles.